The number of non-ortho nitro benzene ring substituents is 1. The zero-order valence-corrected chi connectivity index (χ0v) is 11.8. The fourth-order valence-corrected chi connectivity index (χ4v) is 3.41. The lowest BCUT2D eigenvalue weighted by atomic mass is 10.3. The topological polar surface area (TPSA) is 68.1 Å². The van der Waals surface area contributed by atoms with Gasteiger partial charge in [0, 0.05) is 24.1 Å². The van der Waals surface area contributed by atoms with Crippen molar-refractivity contribution >= 4 is 44.9 Å². The molecule has 0 radical (unpaired) electrons. The van der Waals surface area contributed by atoms with Gasteiger partial charge in [-0.25, -0.2) is 4.98 Å². The van der Waals surface area contributed by atoms with E-state index in [0.717, 1.165) is 14.6 Å². The number of hydrogen-bond acceptors (Lipinski definition) is 6. The van der Waals surface area contributed by atoms with Crippen molar-refractivity contribution in [2.45, 2.75) is 4.34 Å². The molecule has 0 atom stereocenters. The van der Waals surface area contributed by atoms with Gasteiger partial charge < -0.3 is 4.72 Å². The van der Waals surface area contributed by atoms with Crippen LogP contribution in [0.25, 0.3) is 10.2 Å². The van der Waals surface area contributed by atoms with Crippen LogP contribution in [0, 0.1) is 10.1 Å². The molecule has 20 heavy (non-hydrogen) atoms. The van der Waals surface area contributed by atoms with Crippen molar-refractivity contribution in [1.29, 1.82) is 0 Å². The highest BCUT2D eigenvalue weighted by Crippen LogP contribution is 2.30. The number of nitrogens with zero attached hydrogens (tertiary/aromatic N) is 2. The maximum absolute atomic E-state index is 10.7. The highest BCUT2D eigenvalue weighted by molar-refractivity contribution is 8.02. The monoisotopic (exact) mass is 303 g/mol. The van der Waals surface area contributed by atoms with Gasteiger partial charge in [-0.3, -0.25) is 10.1 Å². The Labute approximate surface area is 122 Å². The normalized spacial score (nSPS) is 10.6. The first-order valence-corrected chi connectivity index (χ1v) is 7.38. The highest BCUT2D eigenvalue weighted by atomic mass is 32.2. The number of nitro groups is 1. The van der Waals surface area contributed by atoms with E-state index in [4.69, 9.17) is 0 Å². The molecule has 0 saturated carbocycles. The van der Waals surface area contributed by atoms with Crippen molar-refractivity contribution in [3.8, 4) is 0 Å². The first-order chi connectivity index (χ1) is 9.72. The van der Waals surface area contributed by atoms with Crippen molar-refractivity contribution < 1.29 is 4.92 Å². The van der Waals surface area contributed by atoms with E-state index >= 15 is 0 Å². The third-order valence-electron chi connectivity index (χ3n) is 2.59. The van der Waals surface area contributed by atoms with Crippen LogP contribution in [0.1, 0.15) is 0 Å². The Bertz CT molecular complexity index is 740. The smallest absolute Gasteiger partial charge is 0.271 e. The fourth-order valence-electron chi connectivity index (χ4n) is 1.68. The molecule has 0 fully saturated rings. The summed E-state index contributed by atoms with van der Waals surface area (Å²) < 4.78 is 5.07. The summed E-state index contributed by atoms with van der Waals surface area (Å²) in [6.07, 6.45) is 0. The number of thiazole rings is 1. The Morgan fingerprint density at radius 3 is 2.85 bits per heavy atom. The molecule has 0 aliphatic rings. The number of aromatic nitrogens is 1. The lowest BCUT2D eigenvalue weighted by Gasteiger charge is -2.01. The summed E-state index contributed by atoms with van der Waals surface area (Å²) in [5.74, 6) is 0. The van der Waals surface area contributed by atoms with Crippen LogP contribution in [0.2, 0.25) is 0 Å². The van der Waals surface area contributed by atoms with Gasteiger partial charge in [-0.05, 0) is 18.2 Å². The summed E-state index contributed by atoms with van der Waals surface area (Å²) in [7, 11) is 0. The van der Waals surface area contributed by atoms with Gasteiger partial charge in [-0.2, -0.15) is 0 Å². The number of benzene rings is 2. The largest absolute Gasteiger partial charge is 0.323 e. The van der Waals surface area contributed by atoms with Crippen LogP contribution >= 0.6 is 23.3 Å². The Kier molecular flexibility index (Phi) is 3.53. The number of hydrogen-bond donors (Lipinski definition) is 1. The van der Waals surface area contributed by atoms with Gasteiger partial charge in [0.15, 0.2) is 4.34 Å². The summed E-state index contributed by atoms with van der Waals surface area (Å²) in [5, 5.41) is 10.7. The van der Waals surface area contributed by atoms with E-state index in [0.29, 0.717) is 5.69 Å². The lowest BCUT2D eigenvalue weighted by molar-refractivity contribution is -0.384. The molecule has 5 nitrogen and oxygen atoms in total. The molecule has 2 aromatic carbocycles. The van der Waals surface area contributed by atoms with Crippen molar-refractivity contribution in [2.75, 3.05) is 4.72 Å². The SMILES string of the molecule is O=[N+]([O-])c1cccc(NSc2nc3ccccc3s2)c1. The number of para-hydroxylation sites is 1. The van der Waals surface area contributed by atoms with E-state index in [9.17, 15) is 10.1 Å². The quantitative estimate of drug-likeness (QED) is 0.441. The maximum Gasteiger partial charge on any atom is 0.271 e. The fraction of sp³-hybridized carbons (Fsp3) is 0. The van der Waals surface area contributed by atoms with E-state index in [1.165, 1.54) is 24.1 Å². The van der Waals surface area contributed by atoms with Gasteiger partial charge in [0.05, 0.1) is 20.8 Å². The molecular weight excluding hydrogens is 294 g/mol. The van der Waals surface area contributed by atoms with Crippen LogP contribution < -0.4 is 4.72 Å². The minimum absolute atomic E-state index is 0.0694. The molecule has 0 unspecified atom stereocenters. The molecule has 3 aromatic rings. The summed E-state index contributed by atoms with van der Waals surface area (Å²) in [6.45, 7) is 0. The van der Waals surface area contributed by atoms with Crippen LogP contribution in [0.5, 0.6) is 0 Å². The Hall–Kier alpha value is -2.12. The second-order valence-electron chi connectivity index (χ2n) is 3.96. The van der Waals surface area contributed by atoms with Crippen molar-refractivity contribution in [2.24, 2.45) is 0 Å². The highest BCUT2D eigenvalue weighted by Gasteiger charge is 2.07. The van der Waals surface area contributed by atoms with Crippen LogP contribution in [0.15, 0.2) is 52.9 Å². The van der Waals surface area contributed by atoms with Crippen LogP contribution in [0.4, 0.5) is 11.4 Å². The molecule has 1 N–H and O–H groups in total. The zero-order chi connectivity index (χ0) is 13.9. The van der Waals surface area contributed by atoms with E-state index < -0.39 is 4.92 Å². The van der Waals surface area contributed by atoms with E-state index in [2.05, 4.69) is 9.71 Å². The summed E-state index contributed by atoms with van der Waals surface area (Å²) in [5.41, 5.74) is 1.71. The van der Waals surface area contributed by atoms with Crippen molar-refractivity contribution in [3.63, 3.8) is 0 Å². The summed E-state index contributed by atoms with van der Waals surface area (Å²) >= 11 is 2.94. The van der Waals surface area contributed by atoms with Crippen LogP contribution in [0.3, 0.4) is 0 Å². The number of fused-ring (bicyclic) bond motifs is 1. The molecule has 0 spiro atoms. The number of anilines is 1. The van der Waals surface area contributed by atoms with Gasteiger partial charge in [0.1, 0.15) is 0 Å². The van der Waals surface area contributed by atoms with Gasteiger partial charge in [0.2, 0.25) is 0 Å². The lowest BCUT2D eigenvalue weighted by Crippen LogP contribution is -1.90. The number of nitrogens with one attached hydrogen (secondary N) is 1. The predicted octanol–water partition coefficient (Wildman–Crippen LogP) is 4.32. The van der Waals surface area contributed by atoms with Gasteiger partial charge in [-0.1, -0.05) is 18.2 Å². The zero-order valence-electron chi connectivity index (χ0n) is 10.1. The molecule has 0 aliphatic carbocycles. The Balaban J connectivity index is 1.75. The molecular formula is C13H9N3O2S2. The summed E-state index contributed by atoms with van der Waals surface area (Å²) in [4.78, 5) is 14.8. The molecule has 0 saturated heterocycles. The van der Waals surface area contributed by atoms with Gasteiger partial charge in [-0.15, -0.1) is 11.3 Å². The molecule has 100 valence electrons. The molecule has 3 rings (SSSR count). The van der Waals surface area contributed by atoms with Gasteiger partial charge >= 0.3 is 0 Å². The maximum atomic E-state index is 10.7. The standard InChI is InChI=1S/C13H9N3O2S2/c17-16(18)10-5-3-4-9(8-10)15-20-13-14-11-6-1-2-7-12(11)19-13/h1-8,15H. The van der Waals surface area contributed by atoms with E-state index in [1.54, 1.807) is 23.5 Å². The molecule has 7 heteroatoms. The average molecular weight is 303 g/mol. The average Bonchev–Trinajstić information content (AvgIpc) is 2.88. The Morgan fingerprint density at radius 1 is 1.20 bits per heavy atom. The molecule has 1 heterocycles. The van der Waals surface area contributed by atoms with Gasteiger partial charge in [0.25, 0.3) is 5.69 Å². The number of rotatable bonds is 4. The van der Waals surface area contributed by atoms with E-state index in [1.807, 2.05) is 24.3 Å². The van der Waals surface area contributed by atoms with Crippen molar-refractivity contribution in [3.05, 3.63) is 58.6 Å². The van der Waals surface area contributed by atoms with Crippen molar-refractivity contribution in [1.82, 2.24) is 4.98 Å². The summed E-state index contributed by atoms with van der Waals surface area (Å²) in [6, 6.07) is 14.3. The van der Waals surface area contributed by atoms with Crippen LogP contribution in [-0.2, 0) is 0 Å². The number of nitro benzene ring substituents is 1. The second kappa shape index (κ2) is 5.48. The second-order valence-corrected chi connectivity index (χ2v) is 6.04. The third kappa shape index (κ3) is 2.73. The molecule has 1 aromatic heterocycles. The predicted molar refractivity (Wildman–Crippen MR) is 82.2 cm³/mol. The molecule has 0 bridgehead atoms. The first-order valence-electron chi connectivity index (χ1n) is 5.75. The minimum atomic E-state index is -0.409. The minimum Gasteiger partial charge on any atom is -0.323 e. The molecule has 0 amide bonds. The first kappa shape index (κ1) is 12.9. The van der Waals surface area contributed by atoms with Crippen LogP contribution in [-0.4, -0.2) is 9.91 Å². The van der Waals surface area contributed by atoms with E-state index in [-0.39, 0.29) is 5.69 Å². The molecule has 0 aliphatic heterocycles. The Morgan fingerprint density at radius 2 is 2.05 bits per heavy atom. The third-order valence-corrected chi connectivity index (χ3v) is 4.52.